The Kier molecular flexibility index (Phi) is 7.03. The Morgan fingerprint density at radius 3 is 1.60 bits per heavy atom. The summed E-state index contributed by atoms with van der Waals surface area (Å²) in [5.41, 5.74) is 2.51. The highest BCUT2D eigenvalue weighted by Gasteiger charge is 2.63. The minimum absolute atomic E-state index is 0.410. The molecule has 1 N–H and O–H groups in total. The highest BCUT2D eigenvalue weighted by Crippen LogP contribution is 2.45. The minimum atomic E-state index is -0.846. The summed E-state index contributed by atoms with van der Waals surface area (Å²) in [5, 5.41) is 11.0. The molecule has 1 aliphatic carbocycles. The van der Waals surface area contributed by atoms with E-state index in [1.54, 1.807) is 0 Å². The molecular formula is C28H37NO6. The van der Waals surface area contributed by atoms with Crippen molar-refractivity contribution in [3.8, 4) is 0 Å². The predicted molar refractivity (Wildman–Crippen MR) is 130 cm³/mol. The van der Waals surface area contributed by atoms with Crippen LogP contribution in [-0.4, -0.2) is 71.4 Å². The molecule has 0 bridgehead atoms. The molecule has 190 valence electrons. The first-order valence-electron chi connectivity index (χ1n) is 12.5. The first-order valence-corrected chi connectivity index (χ1v) is 12.5. The average molecular weight is 484 g/mol. The lowest BCUT2D eigenvalue weighted by Crippen LogP contribution is -2.62. The quantitative estimate of drug-likeness (QED) is 0.616. The summed E-state index contributed by atoms with van der Waals surface area (Å²) in [5.74, 6) is -1.61. The molecule has 6 atom stereocenters. The third-order valence-corrected chi connectivity index (χ3v) is 6.86. The van der Waals surface area contributed by atoms with Crippen LogP contribution in [0.4, 0.5) is 0 Å². The summed E-state index contributed by atoms with van der Waals surface area (Å²) >= 11 is 0. The van der Waals surface area contributed by atoms with E-state index in [0.717, 1.165) is 19.6 Å². The lowest BCUT2D eigenvalue weighted by atomic mass is 9.85. The summed E-state index contributed by atoms with van der Waals surface area (Å²) in [6.45, 7) is 10.3. The highest BCUT2D eigenvalue weighted by atomic mass is 16.8. The van der Waals surface area contributed by atoms with E-state index < -0.39 is 48.2 Å². The van der Waals surface area contributed by atoms with E-state index in [1.165, 1.54) is 11.1 Å². The predicted octanol–water partition coefficient (Wildman–Crippen LogP) is 3.49. The number of hydrogen-bond donors (Lipinski definition) is 1. The van der Waals surface area contributed by atoms with E-state index in [4.69, 9.17) is 23.7 Å². The monoisotopic (exact) mass is 483 g/mol. The van der Waals surface area contributed by atoms with Crippen LogP contribution in [-0.2, 0) is 36.8 Å². The van der Waals surface area contributed by atoms with Crippen LogP contribution in [0, 0.1) is 0 Å². The fourth-order valence-electron chi connectivity index (χ4n) is 5.45. The van der Waals surface area contributed by atoms with Gasteiger partial charge in [0.05, 0.1) is 6.61 Å². The van der Waals surface area contributed by atoms with Crippen molar-refractivity contribution in [2.45, 2.75) is 89.0 Å². The molecule has 0 radical (unpaired) electrons. The molecule has 0 unspecified atom stereocenters. The maximum atomic E-state index is 11.0. The van der Waals surface area contributed by atoms with Crippen LogP contribution in [0.15, 0.2) is 60.7 Å². The van der Waals surface area contributed by atoms with Gasteiger partial charge < -0.3 is 28.8 Å². The van der Waals surface area contributed by atoms with Gasteiger partial charge in [0.2, 0.25) is 0 Å². The summed E-state index contributed by atoms with van der Waals surface area (Å²) in [6.07, 6.45) is -3.18. The lowest BCUT2D eigenvalue weighted by molar-refractivity contribution is -0.189. The first-order chi connectivity index (χ1) is 16.7. The highest BCUT2D eigenvalue weighted by molar-refractivity contribution is 5.17. The van der Waals surface area contributed by atoms with Gasteiger partial charge >= 0.3 is 0 Å². The van der Waals surface area contributed by atoms with Gasteiger partial charge in [-0.1, -0.05) is 60.7 Å². The number of nitrogens with zero attached hydrogens (tertiary/aromatic N) is 1. The van der Waals surface area contributed by atoms with Crippen LogP contribution < -0.4 is 0 Å². The lowest BCUT2D eigenvalue weighted by Gasteiger charge is -2.40. The topological polar surface area (TPSA) is 69.6 Å². The van der Waals surface area contributed by atoms with E-state index in [1.807, 2.05) is 39.8 Å². The normalized spacial score (nSPS) is 33.0. The van der Waals surface area contributed by atoms with E-state index in [0.29, 0.717) is 6.61 Å². The second-order valence-electron chi connectivity index (χ2n) is 10.6. The fraction of sp³-hybridized carbons (Fsp3) is 0.571. The van der Waals surface area contributed by atoms with Gasteiger partial charge in [0.1, 0.15) is 36.6 Å². The minimum Gasteiger partial charge on any atom is -0.387 e. The van der Waals surface area contributed by atoms with Gasteiger partial charge in [-0.3, -0.25) is 4.90 Å². The molecule has 7 heteroatoms. The van der Waals surface area contributed by atoms with Crippen molar-refractivity contribution in [1.82, 2.24) is 4.90 Å². The molecule has 3 fully saturated rings. The van der Waals surface area contributed by atoms with Crippen LogP contribution in [0.3, 0.4) is 0 Å². The van der Waals surface area contributed by atoms with Crippen LogP contribution in [0.1, 0.15) is 38.8 Å². The van der Waals surface area contributed by atoms with E-state index in [-0.39, 0.29) is 0 Å². The number of hydrogen-bond acceptors (Lipinski definition) is 7. The SMILES string of the molecule is CC1(C)O[C@@H]2[C@@H](OCCN(Cc3ccccc3)Cc3ccccc3)[C@@H]3OC(C)(C)O[C@H]3[C@H](O)[C@H]2O1. The van der Waals surface area contributed by atoms with Gasteiger partial charge in [-0.25, -0.2) is 0 Å². The second-order valence-corrected chi connectivity index (χ2v) is 10.6. The fourth-order valence-corrected chi connectivity index (χ4v) is 5.45. The Hall–Kier alpha value is -1.84. The van der Waals surface area contributed by atoms with Crippen molar-refractivity contribution in [2.75, 3.05) is 13.2 Å². The number of rotatable bonds is 8. The first kappa shape index (κ1) is 24.8. The van der Waals surface area contributed by atoms with Gasteiger partial charge in [-0.15, -0.1) is 0 Å². The molecule has 0 aromatic heterocycles. The van der Waals surface area contributed by atoms with Crippen molar-refractivity contribution in [2.24, 2.45) is 0 Å². The third kappa shape index (κ3) is 5.62. The molecule has 1 saturated carbocycles. The second kappa shape index (κ2) is 9.90. The average Bonchev–Trinajstić information content (AvgIpc) is 3.32. The van der Waals surface area contributed by atoms with E-state index in [2.05, 4.69) is 53.4 Å². The largest absolute Gasteiger partial charge is 0.387 e. The Morgan fingerprint density at radius 2 is 1.14 bits per heavy atom. The van der Waals surface area contributed by atoms with Gasteiger partial charge in [0, 0.05) is 19.6 Å². The Balaban J connectivity index is 1.29. The molecular weight excluding hydrogens is 446 g/mol. The number of benzene rings is 2. The number of aliphatic hydroxyl groups is 1. The molecule has 5 rings (SSSR count). The molecule has 2 aromatic rings. The number of aliphatic hydroxyl groups excluding tert-OH is 1. The molecule has 2 aliphatic heterocycles. The Morgan fingerprint density at radius 1 is 0.714 bits per heavy atom. The molecule has 2 saturated heterocycles. The smallest absolute Gasteiger partial charge is 0.164 e. The molecule has 7 nitrogen and oxygen atoms in total. The summed E-state index contributed by atoms with van der Waals surface area (Å²) < 4.78 is 31.0. The zero-order valence-corrected chi connectivity index (χ0v) is 21.0. The zero-order chi connectivity index (χ0) is 24.6. The van der Waals surface area contributed by atoms with E-state index >= 15 is 0 Å². The third-order valence-electron chi connectivity index (χ3n) is 6.86. The number of fused-ring (bicyclic) bond motifs is 2. The van der Waals surface area contributed by atoms with Crippen LogP contribution in [0.25, 0.3) is 0 Å². The molecule has 0 amide bonds. The standard InChI is InChI=1S/C28H37NO6/c1-27(2)32-22-21(30)23-26(35-28(3,4)33-23)24(25(22)34-27)31-16-15-29(17-19-11-7-5-8-12-19)18-20-13-9-6-10-14-20/h5-14,21-26,30H,15-18H2,1-4H3/t21-,22-,23+,24-,25+,26-. The molecule has 3 aliphatic rings. The van der Waals surface area contributed by atoms with Gasteiger partial charge in [-0.05, 0) is 38.8 Å². The Labute approximate surface area is 207 Å². The maximum Gasteiger partial charge on any atom is 0.164 e. The summed E-state index contributed by atoms with van der Waals surface area (Å²) in [7, 11) is 0. The van der Waals surface area contributed by atoms with Crippen LogP contribution >= 0.6 is 0 Å². The van der Waals surface area contributed by atoms with Gasteiger partial charge in [0.25, 0.3) is 0 Å². The van der Waals surface area contributed by atoms with Crippen LogP contribution in [0.2, 0.25) is 0 Å². The molecule has 2 aromatic carbocycles. The molecule has 2 heterocycles. The molecule has 35 heavy (non-hydrogen) atoms. The van der Waals surface area contributed by atoms with Crippen molar-refractivity contribution >= 4 is 0 Å². The van der Waals surface area contributed by atoms with Gasteiger partial charge in [0.15, 0.2) is 11.6 Å². The zero-order valence-electron chi connectivity index (χ0n) is 21.0. The summed E-state index contributed by atoms with van der Waals surface area (Å²) in [4.78, 5) is 2.38. The Bertz CT molecular complexity index is 894. The van der Waals surface area contributed by atoms with Crippen molar-refractivity contribution in [1.29, 1.82) is 0 Å². The van der Waals surface area contributed by atoms with Crippen LogP contribution in [0.5, 0.6) is 0 Å². The maximum absolute atomic E-state index is 11.0. The van der Waals surface area contributed by atoms with E-state index in [9.17, 15) is 5.11 Å². The van der Waals surface area contributed by atoms with Gasteiger partial charge in [-0.2, -0.15) is 0 Å². The van der Waals surface area contributed by atoms with Crippen molar-refractivity contribution in [3.63, 3.8) is 0 Å². The molecule has 0 spiro atoms. The number of ether oxygens (including phenoxy) is 5. The van der Waals surface area contributed by atoms with Crippen molar-refractivity contribution < 1.29 is 28.8 Å². The van der Waals surface area contributed by atoms with Crippen molar-refractivity contribution in [3.05, 3.63) is 71.8 Å². The summed E-state index contributed by atoms with van der Waals surface area (Å²) in [6, 6.07) is 20.9.